The molecule has 2 aromatic rings. The summed E-state index contributed by atoms with van der Waals surface area (Å²) in [7, 11) is 0. The molecule has 0 radical (unpaired) electrons. The normalized spacial score (nSPS) is 12.7. The second kappa shape index (κ2) is 7.57. The molecular weight excluding hydrogens is 310 g/mol. The molecule has 0 spiro atoms. The Kier molecular flexibility index (Phi) is 5.74. The van der Waals surface area contributed by atoms with Crippen molar-refractivity contribution in [3.8, 4) is 10.4 Å². The highest BCUT2D eigenvalue weighted by Crippen LogP contribution is 2.28. The van der Waals surface area contributed by atoms with Crippen LogP contribution in [0.15, 0.2) is 36.5 Å². The van der Waals surface area contributed by atoms with Crippen LogP contribution in [0.4, 0.5) is 9.93 Å². The van der Waals surface area contributed by atoms with E-state index < -0.39 is 0 Å². The number of anilines is 1. The van der Waals surface area contributed by atoms with Crippen LogP contribution >= 0.6 is 11.3 Å². The van der Waals surface area contributed by atoms with E-state index >= 15 is 0 Å². The SMILES string of the molecule is CC(O)CC(C)(C)CNC(=O)Nc1ncc(-c2ccccc2)s1. The molecule has 124 valence electrons. The number of rotatable bonds is 6. The monoisotopic (exact) mass is 333 g/mol. The van der Waals surface area contributed by atoms with Crippen LogP contribution in [0.1, 0.15) is 27.2 Å². The lowest BCUT2D eigenvalue weighted by molar-refractivity contribution is 0.129. The van der Waals surface area contributed by atoms with Crippen molar-refractivity contribution < 1.29 is 9.90 Å². The molecule has 1 unspecified atom stereocenters. The summed E-state index contributed by atoms with van der Waals surface area (Å²) in [6, 6.07) is 9.65. The van der Waals surface area contributed by atoms with Gasteiger partial charge in [-0.25, -0.2) is 9.78 Å². The second-order valence-corrected chi connectivity index (χ2v) is 7.45. The molecule has 1 aromatic heterocycles. The first-order valence-electron chi connectivity index (χ1n) is 7.60. The van der Waals surface area contributed by atoms with E-state index in [1.54, 1.807) is 13.1 Å². The zero-order valence-electron chi connectivity index (χ0n) is 13.7. The maximum atomic E-state index is 12.0. The summed E-state index contributed by atoms with van der Waals surface area (Å²) in [6.07, 6.45) is 2.00. The van der Waals surface area contributed by atoms with Crippen LogP contribution in [0.2, 0.25) is 0 Å². The average Bonchev–Trinajstić information content (AvgIpc) is 2.93. The third kappa shape index (κ3) is 5.65. The van der Waals surface area contributed by atoms with Crippen molar-refractivity contribution in [2.24, 2.45) is 5.41 Å². The summed E-state index contributed by atoms with van der Waals surface area (Å²) in [6.45, 7) is 6.26. The van der Waals surface area contributed by atoms with Crippen molar-refractivity contribution in [1.29, 1.82) is 0 Å². The molecule has 0 bridgehead atoms. The number of aromatic nitrogens is 1. The first kappa shape index (κ1) is 17.4. The van der Waals surface area contributed by atoms with Crippen LogP contribution < -0.4 is 10.6 Å². The maximum absolute atomic E-state index is 12.0. The fraction of sp³-hybridized carbons (Fsp3) is 0.412. The molecule has 23 heavy (non-hydrogen) atoms. The van der Waals surface area contributed by atoms with Crippen LogP contribution in [0.3, 0.4) is 0 Å². The molecule has 0 aliphatic carbocycles. The van der Waals surface area contributed by atoms with Crippen LogP contribution in [0.5, 0.6) is 0 Å². The summed E-state index contributed by atoms with van der Waals surface area (Å²) in [5, 5.41) is 15.6. The Bertz CT molecular complexity index is 638. The van der Waals surface area contributed by atoms with Gasteiger partial charge in [0.2, 0.25) is 0 Å². The zero-order chi connectivity index (χ0) is 16.9. The molecule has 0 aliphatic rings. The van der Waals surface area contributed by atoms with Gasteiger partial charge in [-0.2, -0.15) is 0 Å². The van der Waals surface area contributed by atoms with Gasteiger partial charge in [-0.05, 0) is 24.3 Å². The van der Waals surface area contributed by atoms with Crippen molar-refractivity contribution in [3.05, 3.63) is 36.5 Å². The average molecular weight is 333 g/mol. The number of hydrogen-bond acceptors (Lipinski definition) is 4. The lowest BCUT2D eigenvalue weighted by atomic mass is 9.87. The minimum Gasteiger partial charge on any atom is -0.393 e. The first-order valence-corrected chi connectivity index (χ1v) is 8.41. The summed E-state index contributed by atoms with van der Waals surface area (Å²) < 4.78 is 0. The van der Waals surface area contributed by atoms with E-state index in [0.717, 1.165) is 10.4 Å². The smallest absolute Gasteiger partial charge is 0.321 e. The number of amides is 2. The number of thiazole rings is 1. The van der Waals surface area contributed by atoms with Crippen LogP contribution in [-0.2, 0) is 0 Å². The number of aliphatic hydroxyl groups excluding tert-OH is 1. The predicted octanol–water partition coefficient (Wildman–Crippen LogP) is 3.73. The van der Waals surface area contributed by atoms with Crippen LogP contribution in [-0.4, -0.2) is 28.8 Å². The molecule has 0 saturated carbocycles. The lowest BCUT2D eigenvalue weighted by Gasteiger charge is -2.26. The summed E-state index contributed by atoms with van der Waals surface area (Å²) >= 11 is 1.44. The van der Waals surface area contributed by atoms with Gasteiger partial charge in [0.15, 0.2) is 5.13 Å². The number of carbonyl (C=O) groups excluding carboxylic acids is 1. The number of nitrogens with zero attached hydrogens (tertiary/aromatic N) is 1. The van der Waals surface area contributed by atoms with Crippen molar-refractivity contribution in [2.75, 3.05) is 11.9 Å². The molecule has 2 rings (SSSR count). The maximum Gasteiger partial charge on any atom is 0.321 e. The van der Waals surface area contributed by atoms with E-state index in [2.05, 4.69) is 15.6 Å². The molecule has 0 saturated heterocycles. The minimum absolute atomic E-state index is 0.163. The Morgan fingerprint density at radius 3 is 2.70 bits per heavy atom. The van der Waals surface area contributed by atoms with Crippen molar-refractivity contribution >= 4 is 22.5 Å². The van der Waals surface area contributed by atoms with Gasteiger partial charge < -0.3 is 10.4 Å². The van der Waals surface area contributed by atoms with E-state index in [9.17, 15) is 9.90 Å². The molecule has 0 fully saturated rings. The number of urea groups is 1. The molecule has 6 heteroatoms. The third-order valence-corrected chi connectivity index (χ3v) is 4.32. The van der Waals surface area contributed by atoms with Gasteiger partial charge in [-0.3, -0.25) is 5.32 Å². The molecular formula is C17H23N3O2S. The third-order valence-electron chi connectivity index (χ3n) is 3.36. The molecule has 2 amide bonds. The highest BCUT2D eigenvalue weighted by molar-refractivity contribution is 7.19. The molecule has 5 nitrogen and oxygen atoms in total. The Hall–Kier alpha value is -1.92. The van der Waals surface area contributed by atoms with Crippen molar-refractivity contribution in [1.82, 2.24) is 10.3 Å². The summed E-state index contributed by atoms with van der Waals surface area (Å²) in [4.78, 5) is 17.2. The number of benzene rings is 1. The molecule has 0 aliphatic heterocycles. The Balaban J connectivity index is 1.88. The van der Waals surface area contributed by atoms with E-state index in [1.807, 2.05) is 44.2 Å². The van der Waals surface area contributed by atoms with Crippen LogP contribution in [0.25, 0.3) is 10.4 Å². The molecule has 1 atom stereocenters. The van der Waals surface area contributed by atoms with Crippen molar-refractivity contribution in [2.45, 2.75) is 33.3 Å². The number of nitrogens with one attached hydrogen (secondary N) is 2. The standard InChI is InChI=1S/C17H23N3O2S/c1-12(21)9-17(2,3)11-19-15(22)20-16-18-10-14(23-16)13-7-5-4-6-8-13/h4-8,10,12,21H,9,11H2,1-3H3,(H2,18,19,20,22). The van der Waals surface area contributed by atoms with Gasteiger partial charge in [0.1, 0.15) is 0 Å². The zero-order valence-corrected chi connectivity index (χ0v) is 14.5. The molecule has 1 heterocycles. The second-order valence-electron chi connectivity index (χ2n) is 6.42. The summed E-state index contributed by atoms with van der Waals surface area (Å²) in [5.74, 6) is 0. The van der Waals surface area contributed by atoms with E-state index in [0.29, 0.717) is 18.1 Å². The van der Waals surface area contributed by atoms with Crippen LogP contribution in [0, 0.1) is 5.41 Å². The van der Waals surface area contributed by atoms with E-state index in [4.69, 9.17) is 0 Å². The van der Waals surface area contributed by atoms with Gasteiger partial charge in [-0.15, -0.1) is 0 Å². The van der Waals surface area contributed by atoms with Gasteiger partial charge in [0, 0.05) is 12.7 Å². The lowest BCUT2D eigenvalue weighted by Crippen LogP contribution is -2.38. The Labute approximate surface area is 140 Å². The van der Waals surface area contributed by atoms with Gasteiger partial charge >= 0.3 is 6.03 Å². The van der Waals surface area contributed by atoms with E-state index in [1.165, 1.54) is 11.3 Å². The summed E-state index contributed by atoms with van der Waals surface area (Å²) in [5.41, 5.74) is 0.917. The predicted molar refractivity (Wildman–Crippen MR) is 94.7 cm³/mol. The fourth-order valence-corrected chi connectivity index (χ4v) is 3.22. The Morgan fingerprint density at radius 1 is 1.35 bits per heavy atom. The number of aliphatic hydroxyl groups is 1. The van der Waals surface area contributed by atoms with Crippen molar-refractivity contribution in [3.63, 3.8) is 0 Å². The number of carbonyl (C=O) groups is 1. The van der Waals surface area contributed by atoms with E-state index in [-0.39, 0.29) is 17.6 Å². The first-order chi connectivity index (χ1) is 10.9. The van der Waals surface area contributed by atoms with Gasteiger partial charge in [-0.1, -0.05) is 55.5 Å². The highest BCUT2D eigenvalue weighted by atomic mass is 32.1. The fourth-order valence-electron chi connectivity index (χ4n) is 2.40. The Morgan fingerprint density at radius 2 is 2.04 bits per heavy atom. The topological polar surface area (TPSA) is 74.2 Å². The number of hydrogen-bond donors (Lipinski definition) is 3. The molecule has 1 aromatic carbocycles. The minimum atomic E-state index is -0.387. The highest BCUT2D eigenvalue weighted by Gasteiger charge is 2.21. The quantitative estimate of drug-likeness (QED) is 0.754. The molecule has 3 N–H and O–H groups in total. The van der Waals surface area contributed by atoms with Gasteiger partial charge in [0.25, 0.3) is 0 Å². The van der Waals surface area contributed by atoms with Gasteiger partial charge in [0.05, 0.1) is 11.0 Å². The largest absolute Gasteiger partial charge is 0.393 e.